The maximum atomic E-state index is 4.47. The molecule has 3 rings (SSSR count). The largest absolute Gasteiger partial charge is 0.244 e. The first kappa shape index (κ1) is 13.4. The summed E-state index contributed by atoms with van der Waals surface area (Å²) >= 11 is 1.75. The van der Waals surface area contributed by atoms with E-state index in [9.17, 15) is 0 Å². The highest BCUT2D eigenvalue weighted by molar-refractivity contribution is 7.99. The first-order valence-electron chi connectivity index (χ1n) is 7.01. The predicted octanol–water partition coefficient (Wildman–Crippen LogP) is 4.22. The zero-order chi connectivity index (χ0) is 13.8. The molecule has 0 radical (unpaired) electrons. The van der Waals surface area contributed by atoms with Crippen LogP contribution in [0.1, 0.15) is 35.4 Å². The summed E-state index contributed by atoms with van der Waals surface area (Å²) < 4.78 is 0. The molecule has 2 aromatic rings. The summed E-state index contributed by atoms with van der Waals surface area (Å²) in [6.07, 6.45) is 9.17. The molecule has 0 N–H and O–H groups in total. The summed E-state index contributed by atoms with van der Waals surface area (Å²) in [4.78, 5) is 8.72. The van der Waals surface area contributed by atoms with E-state index in [1.807, 2.05) is 12.3 Å². The minimum absolute atomic E-state index is 0.438. The highest BCUT2D eigenvalue weighted by Gasteiger charge is 2.24. The number of aryl methyl sites for hydroxylation is 1. The van der Waals surface area contributed by atoms with Gasteiger partial charge < -0.3 is 0 Å². The Bertz CT molecular complexity index is 609. The number of fused-ring (bicyclic) bond motifs is 1. The molecule has 1 aromatic heterocycles. The van der Waals surface area contributed by atoms with Crippen molar-refractivity contribution < 1.29 is 0 Å². The maximum absolute atomic E-state index is 4.47. The van der Waals surface area contributed by atoms with Crippen LogP contribution in [-0.4, -0.2) is 15.7 Å². The monoisotopic (exact) mass is 282 g/mol. The van der Waals surface area contributed by atoms with Gasteiger partial charge >= 0.3 is 0 Å². The van der Waals surface area contributed by atoms with E-state index in [0.29, 0.717) is 5.92 Å². The lowest BCUT2D eigenvalue weighted by Gasteiger charge is -2.26. The lowest BCUT2D eigenvalue weighted by molar-refractivity contribution is 0.603. The van der Waals surface area contributed by atoms with Crippen LogP contribution < -0.4 is 0 Å². The van der Waals surface area contributed by atoms with E-state index in [2.05, 4.69) is 40.8 Å². The number of hydrogen-bond acceptors (Lipinski definition) is 3. The fraction of sp³-hybridized carbons (Fsp3) is 0.294. The molecule has 20 heavy (non-hydrogen) atoms. The molecule has 1 unspecified atom stereocenters. The van der Waals surface area contributed by atoms with Gasteiger partial charge in [0.1, 0.15) is 11.4 Å². The Morgan fingerprint density at radius 1 is 1.30 bits per heavy atom. The normalized spacial score (nSPS) is 17.5. The fourth-order valence-electron chi connectivity index (χ4n) is 2.90. The molecular formula is C17H18N2S. The zero-order valence-electron chi connectivity index (χ0n) is 11.5. The van der Waals surface area contributed by atoms with E-state index in [4.69, 9.17) is 0 Å². The molecule has 1 atom stereocenters. The third-order valence-corrected chi connectivity index (χ3v) is 4.80. The topological polar surface area (TPSA) is 25.8 Å². The number of benzene rings is 1. The van der Waals surface area contributed by atoms with Crippen LogP contribution in [0.3, 0.4) is 0 Å². The maximum Gasteiger partial charge on any atom is 0.116 e. The van der Waals surface area contributed by atoms with Crippen LogP contribution in [0.15, 0.2) is 54.5 Å². The third-order valence-electron chi connectivity index (χ3n) is 3.78. The Hall–Kier alpha value is -1.61. The molecule has 0 aliphatic heterocycles. The molecule has 0 saturated heterocycles. The van der Waals surface area contributed by atoms with E-state index < -0.39 is 0 Å². The SMILES string of the molecule is C=CCSc1ncncc1C1CCCc2ccccc21. The Morgan fingerprint density at radius 2 is 2.20 bits per heavy atom. The molecule has 0 spiro atoms. The van der Waals surface area contributed by atoms with Crippen molar-refractivity contribution in [1.29, 1.82) is 0 Å². The standard InChI is InChI=1S/C17H18N2S/c1-2-10-20-17-16(11-18-12-19-17)15-9-5-7-13-6-3-4-8-14(13)15/h2-4,6,8,11-12,15H,1,5,7,9-10H2. The molecule has 2 nitrogen and oxygen atoms in total. The zero-order valence-corrected chi connectivity index (χ0v) is 12.3. The lowest BCUT2D eigenvalue weighted by atomic mass is 9.80. The van der Waals surface area contributed by atoms with Crippen molar-refractivity contribution in [3.05, 3.63) is 66.1 Å². The Morgan fingerprint density at radius 3 is 3.10 bits per heavy atom. The molecule has 1 aromatic carbocycles. The Balaban J connectivity index is 2.00. The van der Waals surface area contributed by atoms with Gasteiger partial charge in [-0.15, -0.1) is 18.3 Å². The summed E-state index contributed by atoms with van der Waals surface area (Å²) in [7, 11) is 0. The second kappa shape index (κ2) is 6.23. The number of thioether (sulfide) groups is 1. The van der Waals surface area contributed by atoms with E-state index in [1.165, 1.54) is 36.0 Å². The Kier molecular flexibility index (Phi) is 4.16. The predicted molar refractivity (Wildman–Crippen MR) is 84.2 cm³/mol. The van der Waals surface area contributed by atoms with E-state index in [-0.39, 0.29) is 0 Å². The highest BCUT2D eigenvalue weighted by atomic mass is 32.2. The van der Waals surface area contributed by atoms with Crippen LogP contribution in [-0.2, 0) is 6.42 Å². The van der Waals surface area contributed by atoms with Gasteiger partial charge in [-0.1, -0.05) is 30.3 Å². The summed E-state index contributed by atoms with van der Waals surface area (Å²) in [6.45, 7) is 3.79. The van der Waals surface area contributed by atoms with Gasteiger partial charge in [-0.25, -0.2) is 9.97 Å². The highest BCUT2D eigenvalue weighted by Crippen LogP contribution is 2.39. The van der Waals surface area contributed by atoms with Crippen LogP contribution in [0.5, 0.6) is 0 Å². The minimum Gasteiger partial charge on any atom is -0.244 e. The fourth-order valence-corrected chi connectivity index (χ4v) is 3.66. The number of hydrogen-bond donors (Lipinski definition) is 0. The van der Waals surface area contributed by atoms with Crippen molar-refractivity contribution in [2.45, 2.75) is 30.2 Å². The molecule has 102 valence electrons. The van der Waals surface area contributed by atoms with Crippen LogP contribution in [0, 0.1) is 0 Å². The summed E-state index contributed by atoms with van der Waals surface area (Å²) in [6, 6.07) is 8.78. The summed E-state index contributed by atoms with van der Waals surface area (Å²) in [5, 5.41) is 1.10. The molecule has 1 aliphatic carbocycles. The van der Waals surface area contributed by atoms with Crippen LogP contribution >= 0.6 is 11.8 Å². The van der Waals surface area contributed by atoms with Crippen molar-refractivity contribution in [2.24, 2.45) is 0 Å². The molecule has 0 saturated carbocycles. The van der Waals surface area contributed by atoms with Crippen LogP contribution in [0.2, 0.25) is 0 Å². The first-order valence-corrected chi connectivity index (χ1v) is 8.00. The van der Waals surface area contributed by atoms with Crippen molar-refractivity contribution in [3.63, 3.8) is 0 Å². The van der Waals surface area contributed by atoms with Gasteiger partial charge in [0.2, 0.25) is 0 Å². The van der Waals surface area contributed by atoms with Crippen molar-refractivity contribution >= 4 is 11.8 Å². The molecule has 1 aliphatic rings. The van der Waals surface area contributed by atoms with Crippen molar-refractivity contribution in [3.8, 4) is 0 Å². The molecule has 3 heteroatoms. The summed E-state index contributed by atoms with van der Waals surface area (Å²) in [5.41, 5.74) is 4.20. The van der Waals surface area contributed by atoms with Crippen LogP contribution in [0.4, 0.5) is 0 Å². The van der Waals surface area contributed by atoms with E-state index >= 15 is 0 Å². The number of rotatable bonds is 4. The van der Waals surface area contributed by atoms with Gasteiger partial charge in [0.25, 0.3) is 0 Å². The first-order chi connectivity index (χ1) is 9.90. The van der Waals surface area contributed by atoms with Crippen LogP contribution in [0.25, 0.3) is 0 Å². The molecule has 1 heterocycles. The molecule has 0 amide bonds. The number of nitrogens with zero attached hydrogens (tertiary/aromatic N) is 2. The Labute approximate surface area is 124 Å². The van der Waals surface area contributed by atoms with E-state index in [0.717, 1.165) is 10.8 Å². The van der Waals surface area contributed by atoms with Crippen molar-refractivity contribution in [1.82, 2.24) is 9.97 Å². The van der Waals surface area contributed by atoms with Gasteiger partial charge in [-0.2, -0.15) is 0 Å². The smallest absolute Gasteiger partial charge is 0.116 e. The van der Waals surface area contributed by atoms with Gasteiger partial charge in [0, 0.05) is 23.4 Å². The third kappa shape index (κ3) is 2.63. The van der Waals surface area contributed by atoms with E-state index in [1.54, 1.807) is 18.1 Å². The quantitative estimate of drug-likeness (QED) is 0.477. The summed E-state index contributed by atoms with van der Waals surface area (Å²) in [5.74, 6) is 1.33. The van der Waals surface area contributed by atoms with Crippen molar-refractivity contribution in [2.75, 3.05) is 5.75 Å². The minimum atomic E-state index is 0.438. The van der Waals surface area contributed by atoms with Gasteiger partial charge in [-0.05, 0) is 30.4 Å². The molecular weight excluding hydrogens is 264 g/mol. The average Bonchev–Trinajstić information content (AvgIpc) is 2.53. The van der Waals surface area contributed by atoms with Gasteiger partial charge in [0.15, 0.2) is 0 Å². The lowest BCUT2D eigenvalue weighted by Crippen LogP contribution is -2.12. The second-order valence-corrected chi connectivity index (χ2v) is 6.04. The van der Waals surface area contributed by atoms with Gasteiger partial charge in [-0.3, -0.25) is 0 Å². The number of aromatic nitrogens is 2. The molecule has 0 fully saturated rings. The average molecular weight is 282 g/mol. The van der Waals surface area contributed by atoms with Gasteiger partial charge in [0.05, 0.1) is 0 Å². The second-order valence-electron chi connectivity index (χ2n) is 5.03. The molecule has 0 bridgehead atoms.